The van der Waals surface area contributed by atoms with Crippen LogP contribution >= 0.6 is 0 Å². The fourth-order valence-corrected chi connectivity index (χ4v) is 9.52. The third-order valence-electron chi connectivity index (χ3n) is 13.9. The maximum atomic E-state index is 13.4. The number of carbonyl (C=O) groups is 4. The van der Waals surface area contributed by atoms with Gasteiger partial charge in [-0.3, -0.25) is 19.2 Å². The minimum atomic E-state index is -0.868. The van der Waals surface area contributed by atoms with Crippen LogP contribution in [0.1, 0.15) is 245 Å². The third kappa shape index (κ3) is 32.5. The number of likely N-dealkylation sites (tertiary alicyclic amines) is 1. The zero-order valence-corrected chi connectivity index (χ0v) is 43.6. The van der Waals surface area contributed by atoms with Crippen LogP contribution in [-0.2, 0) is 38.1 Å². The van der Waals surface area contributed by atoms with Gasteiger partial charge in [0.05, 0.1) is 5.92 Å². The van der Waals surface area contributed by atoms with Crippen molar-refractivity contribution < 1.29 is 38.1 Å². The number of unbranched alkanes of at least 4 members (excludes halogenated alkanes) is 22. The van der Waals surface area contributed by atoms with Crippen LogP contribution in [0.3, 0.4) is 0 Å². The number of allylic oxidation sites excluding steroid dienone is 6. The number of hydrogen-bond acceptors (Lipinski definition) is 9. The Hall–Kier alpha value is -2.94. The molecule has 2 aliphatic rings. The molecule has 0 aromatic rings. The molecule has 0 aromatic carbocycles. The lowest BCUT2D eigenvalue weighted by atomic mass is 9.88. The molecule has 0 amide bonds. The molecule has 4 unspecified atom stereocenters. The number of esters is 4. The number of carbonyl (C=O) groups excluding carboxylic acids is 4. The van der Waals surface area contributed by atoms with Gasteiger partial charge in [-0.1, -0.05) is 160 Å². The molecular formula is C58H101NO8. The Labute approximate surface area is 410 Å². The van der Waals surface area contributed by atoms with E-state index in [1.165, 1.54) is 96.3 Å². The summed E-state index contributed by atoms with van der Waals surface area (Å²) < 4.78 is 23.4. The van der Waals surface area contributed by atoms with Crippen molar-refractivity contribution in [2.45, 2.75) is 258 Å². The Morgan fingerprint density at radius 1 is 0.522 bits per heavy atom. The Bertz CT molecular complexity index is 1340. The molecule has 0 aromatic heterocycles. The molecule has 1 aliphatic heterocycles. The van der Waals surface area contributed by atoms with Gasteiger partial charge in [-0.15, -0.1) is 0 Å². The van der Waals surface area contributed by atoms with Gasteiger partial charge in [0, 0.05) is 25.2 Å². The van der Waals surface area contributed by atoms with Crippen molar-refractivity contribution in [3.63, 3.8) is 0 Å². The average molecular weight is 940 g/mol. The quantitative estimate of drug-likeness (QED) is 0.0256. The highest BCUT2D eigenvalue weighted by atomic mass is 16.6. The van der Waals surface area contributed by atoms with E-state index in [1.54, 1.807) is 0 Å². The second-order valence-electron chi connectivity index (χ2n) is 20.0. The first-order valence-electron chi connectivity index (χ1n) is 28.1. The van der Waals surface area contributed by atoms with Gasteiger partial charge >= 0.3 is 23.9 Å². The minimum absolute atomic E-state index is 0.00983. The summed E-state index contributed by atoms with van der Waals surface area (Å²) in [4.78, 5) is 54.7. The number of hydrogen-bond donors (Lipinski definition) is 0. The molecule has 0 N–H and O–H groups in total. The lowest BCUT2D eigenvalue weighted by Crippen LogP contribution is -2.36. The highest BCUT2D eigenvalue weighted by molar-refractivity contribution is 5.73. The standard InChI is InChI=1S/C58H101NO8/c1-5-8-11-13-15-17-19-21-23-25-27-29-31-33-36-39-55(60)64-48-52(66-56(61)40-37-34-32-30-28-26-24-22-20-18-16-14-12-9-6-2)49-65-57(62)47-51-41-42-54(53(51)38-35-10-7-3)67-58(63)50-43-45-59(4)46-44-50/h10,21-24,35,50-54H,5-9,11-20,25-34,36-49H2,1-4H3/b23-21-,24-22-,35-10-. The smallest absolute Gasteiger partial charge is 0.309 e. The summed E-state index contributed by atoms with van der Waals surface area (Å²) in [5.74, 6) is -1.20. The zero-order chi connectivity index (χ0) is 48.4. The molecule has 386 valence electrons. The first-order chi connectivity index (χ1) is 32.8. The third-order valence-corrected chi connectivity index (χ3v) is 13.9. The molecule has 4 atom stereocenters. The molecule has 1 saturated carbocycles. The van der Waals surface area contributed by atoms with Gasteiger partial charge in [0.15, 0.2) is 6.10 Å². The van der Waals surface area contributed by atoms with Crippen molar-refractivity contribution in [3.8, 4) is 0 Å². The fourth-order valence-electron chi connectivity index (χ4n) is 9.52. The normalized spacial score (nSPS) is 18.6. The van der Waals surface area contributed by atoms with Gasteiger partial charge < -0.3 is 23.8 Å². The number of piperidine rings is 1. The van der Waals surface area contributed by atoms with Crippen LogP contribution < -0.4 is 0 Å². The van der Waals surface area contributed by atoms with Crippen LogP contribution in [0.4, 0.5) is 0 Å². The van der Waals surface area contributed by atoms with Crippen LogP contribution in [-0.4, -0.2) is 74.3 Å². The van der Waals surface area contributed by atoms with Gasteiger partial charge in [-0.25, -0.2) is 0 Å². The molecule has 1 aliphatic carbocycles. The lowest BCUT2D eigenvalue weighted by Gasteiger charge is -2.30. The second kappa shape index (κ2) is 42.0. The molecule has 2 rings (SSSR count). The van der Waals surface area contributed by atoms with Crippen molar-refractivity contribution >= 4 is 23.9 Å². The van der Waals surface area contributed by atoms with Gasteiger partial charge in [0.2, 0.25) is 0 Å². The molecule has 1 heterocycles. The van der Waals surface area contributed by atoms with Crippen molar-refractivity contribution in [2.24, 2.45) is 17.8 Å². The highest BCUT2D eigenvalue weighted by Gasteiger charge is 2.40. The summed E-state index contributed by atoms with van der Waals surface area (Å²) in [5, 5.41) is 0. The number of nitrogens with zero attached hydrogens (tertiary/aromatic N) is 1. The zero-order valence-electron chi connectivity index (χ0n) is 43.6. The summed E-state index contributed by atoms with van der Waals surface area (Å²) in [6, 6.07) is 0. The Kier molecular flexibility index (Phi) is 37.7. The Morgan fingerprint density at radius 2 is 0.985 bits per heavy atom. The molecule has 0 spiro atoms. The van der Waals surface area contributed by atoms with E-state index in [9.17, 15) is 19.2 Å². The summed E-state index contributed by atoms with van der Waals surface area (Å²) in [5.41, 5.74) is 0. The van der Waals surface area contributed by atoms with E-state index in [1.807, 2.05) is 0 Å². The maximum Gasteiger partial charge on any atom is 0.309 e. The van der Waals surface area contributed by atoms with E-state index in [-0.39, 0.29) is 73.8 Å². The minimum Gasteiger partial charge on any atom is -0.462 e. The Morgan fingerprint density at radius 3 is 1.49 bits per heavy atom. The van der Waals surface area contributed by atoms with Crippen molar-refractivity contribution in [1.29, 1.82) is 0 Å². The molecule has 0 radical (unpaired) electrons. The van der Waals surface area contributed by atoms with Gasteiger partial charge in [-0.2, -0.15) is 0 Å². The van der Waals surface area contributed by atoms with Crippen LogP contribution in [0.15, 0.2) is 36.5 Å². The molecular weight excluding hydrogens is 839 g/mol. The van der Waals surface area contributed by atoms with Crippen molar-refractivity contribution in [3.05, 3.63) is 36.5 Å². The van der Waals surface area contributed by atoms with Crippen LogP contribution in [0.25, 0.3) is 0 Å². The maximum absolute atomic E-state index is 13.4. The first kappa shape index (κ1) is 60.2. The van der Waals surface area contributed by atoms with Gasteiger partial charge in [-0.05, 0) is 129 Å². The monoisotopic (exact) mass is 940 g/mol. The molecule has 0 bridgehead atoms. The number of ether oxygens (including phenoxy) is 4. The van der Waals surface area contributed by atoms with Crippen molar-refractivity contribution in [1.82, 2.24) is 4.90 Å². The molecule has 9 heteroatoms. The molecule has 67 heavy (non-hydrogen) atoms. The van der Waals surface area contributed by atoms with Crippen LogP contribution in [0.2, 0.25) is 0 Å². The average Bonchev–Trinajstić information content (AvgIpc) is 3.69. The highest BCUT2D eigenvalue weighted by Crippen LogP contribution is 2.40. The lowest BCUT2D eigenvalue weighted by molar-refractivity contribution is -0.167. The summed E-state index contributed by atoms with van der Waals surface area (Å²) in [7, 11) is 2.08. The van der Waals surface area contributed by atoms with Gasteiger partial charge in [0.25, 0.3) is 0 Å². The fraction of sp³-hybridized carbons (Fsp3) is 0.828. The SMILES string of the molecule is CC/C=C\CC1C(CC(=O)OCC(COC(=O)CCCCCCC/C=C\CCCCCCCC)OC(=O)CCCCCCC/C=C\CCCCCCCC)CCC1OC(=O)C1CCN(C)CC1. The van der Waals surface area contributed by atoms with Crippen LogP contribution in [0, 0.1) is 17.8 Å². The van der Waals surface area contributed by atoms with Crippen molar-refractivity contribution in [2.75, 3.05) is 33.4 Å². The van der Waals surface area contributed by atoms with E-state index >= 15 is 0 Å². The first-order valence-corrected chi connectivity index (χ1v) is 28.1. The largest absolute Gasteiger partial charge is 0.462 e. The predicted octanol–water partition coefficient (Wildman–Crippen LogP) is 15.1. The molecule has 9 nitrogen and oxygen atoms in total. The van der Waals surface area contributed by atoms with E-state index in [0.29, 0.717) is 6.42 Å². The second-order valence-corrected chi connectivity index (χ2v) is 20.0. The summed E-state index contributed by atoms with van der Waals surface area (Å²) >= 11 is 0. The summed E-state index contributed by atoms with van der Waals surface area (Å²) in [6.07, 6.45) is 48.8. The summed E-state index contributed by atoms with van der Waals surface area (Å²) in [6.45, 7) is 8.09. The van der Waals surface area contributed by atoms with Crippen LogP contribution in [0.5, 0.6) is 0 Å². The molecule has 1 saturated heterocycles. The number of rotatable bonds is 42. The van der Waals surface area contributed by atoms with E-state index in [0.717, 1.165) is 122 Å². The topological polar surface area (TPSA) is 108 Å². The Balaban J connectivity index is 1.80. The van der Waals surface area contributed by atoms with E-state index in [4.69, 9.17) is 18.9 Å². The van der Waals surface area contributed by atoms with Gasteiger partial charge in [0.1, 0.15) is 19.3 Å². The molecule has 2 fully saturated rings. The van der Waals surface area contributed by atoms with E-state index in [2.05, 4.69) is 69.2 Å². The predicted molar refractivity (Wildman–Crippen MR) is 276 cm³/mol. The van der Waals surface area contributed by atoms with E-state index < -0.39 is 6.10 Å².